The minimum atomic E-state index is -0.467. The first-order valence-electron chi connectivity index (χ1n) is 9.32. The van der Waals surface area contributed by atoms with E-state index in [2.05, 4.69) is 28.8 Å². The van der Waals surface area contributed by atoms with Crippen LogP contribution in [0.3, 0.4) is 0 Å². The van der Waals surface area contributed by atoms with Crippen molar-refractivity contribution in [2.75, 3.05) is 26.1 Å². The second-order valence-corrected chi connectivity index (χ2v) is 8.14. The van der Waals surface area contributed by atoms with Crippen LogP contribution in [0.2, 0.25) is 0 Å². The molecule has 0 atom stereocenters. The number of amides is 1. The van der Waals surface area contributed by atoms with Crippen LogP contribution in [0.5, 0.6) is 0 Å². The van der Waals surface area contributed by atoms with Crippen molar-refractivity contribution in [1.29, 1.82) is 0 Å². The number of nitrogens with one attached hydrogen (secondary N) is 1. The number of rotatable bonds is 5. The lowest BCUT2D eigenvalue weighted by atomic mass is 10.0. The molecule has 1 aromatic carbocycles. The Morgan fingerprint density at radius 3 is 2.20 bits per heavy atom. The zero-order valence-electron chi connectivity index (χ0n) is 17.3. The van der Waals surface area contributed by atoms with Crippen LogP contribution in [-0.2, 0) is 22.4 Å². The lowest BCUT2D eigenvalue weighted by Gasteiger charge is -2.30. The van der Waals surface area contributed by atoms with Crippen molar-refractivity contribution in [3.63, 3.8) is 0 Å². The molecule has 0 saturated carbocycles. The molecule has 1 aliphatic heterocycles. The molecule has 0 spiro atoms. The Balaban J connectivity index is 0.00000320. The number of carbonyl (C=O) groups is 3. The van der Waals surface area contributed by atoms with Crippen LogP contribution < -0.4 is 5.32 Å². The van der Waals surface area contributed by atoms with Gasteiger partial charge >= 0.3 is 11.9 Å². The average Bonchev–Trinajstić information content (AvgIpc) is 3.09. The highest BCUT2D eigenvalue weighted by Gasteiger charge is 2.30. The summed E-state index contributed by atoms with van der Waals surface area (Å²) in [7, 11) is 2.64. The summed E-state index contributed by atoms with van der Waals surface area (Å²) in [4.78, 5) is 40.1. The summed E-state index contributed by atoms with van der Waals surface area (Å²) >= 11 is 1.41. The maximum Gasteiger partial charge on any atom is 0.341 e. The molecule has 3 rings (SSSR count). The lowest BCUT2D eigenvalue weighted by molar-refractivity contribution is 0.0591. The number of carbonyl (C=O) groups excluding carboxylic acids is 3. The number of ether oxygens (including phenoxy) is 2. The predicted molar refractivity (Wildman–Crippen MR) is 118 cm³/mol. The van der Waals surface area contributed by atoms with Gasteiger partial charge in [-0.15, -0.1) is 23.7 Å². The van der Waals surface area contributed by atoms with Crippen molar-refractivity contribution in [3.05, 3.63) is 51.4 Å². The molecule has 1 aromatic heterocycles. The fourth-order valence-electron chi connectivity index (χ4n) is 3.32. The van der Waals surface area contributed by atoms with Crippen molar-refractivity contribution < 1.29 is 23.9 Å². The molecule has 30 heavy (non-hydrogen) atoms. The summed E-state index contributed by atoms with van der Waals surface area (Å²) in [6, 6.07) is 6.56. The molecule has 9 heteroatoms. The molecule has 2 heterocycles. The molecule has 1 aliphatic rings. The van der Waals surface area contributed by atoms with Gasteiger partial charge in [0.1, 0.15) is 5.00 Å². The van der Waals surface area contributed by atoms with E-state index in [9.17, 15) is 14.4 Å². The van der Waals surface area contributed by atoms with Gasteiger partial charge in [-0.1, -0.05) is 0 Å². The minimum absolute atomic E-state index is 0. The van der Waals surface area contributed by atoms with E-state index in [1.165, 1.54) is 37.7 Å². The first-order valence-corrected chi connectivity index (χ1v) is 10.1. The van der Waals surface area contributed by atoms with Gasteiger partial charge in [0.25, 0.3) is 5.91 Å². The number of fused-ring (bicyclic) bond motifs is 1. The lowest BCUT2D eigenvalue weighted by Crippen LogP contribution is -2.35. The fourth-order valence-corrected chi connectivity index (χ4v) is 4.58. The number of hydrogen-bond acceptors (Lipinski definition) is 7. The van der Waals surface area contributed by atoms with Crippen LogP contribution in [0.15, 0.2) is 24.3 Å². The number of anilines is 1. The molecule has 1 amide bonds. The van der Waals surface area contributed by atoms with E-state index < -0.39 is 11.9 Å². The van der Waals surface area contributed by atoms with Gasteiger partial charge in [-0.25, -0.2) is 9.59 Å². The molecule has 1 N–H and O–H groups in total. The Morgan fingerprint density at radius 1 is 1.03 bits per heavy atom. The Labute approximate surface area is 185 Å². The number of methoxy groups -OCH3 is 2. The van der Waals surface area contributed by atoms with E-state index in [1.54, 1.807) is 12.1 Å². The van der Waals surface area contributed by atoms with Crippen LogP contribution in [0.1, 0.15) is 55.4 Å². The quantitative estimate of drug-likeness (QED) is 0.695. The van der Waals surface area contributed by atoms with Gasteiger partial charge in [-0.3, -0.25) is 9.69 Å². The number of halogens is 1. The Hall–Kier alpha value is -2.42. The summed E-state index contributed by atoms with van der Waals surface area (Å²) in [6.45, 7) is 5.88. The van der Waals surface area contributed by atoms with Crippen LogP contribution in [0, 0.1) is 0 Å². The fraction of sp³-hybridized carbons (Fsp3) is 0.381. The third-order valence-electron chi connectivity index (χ3n) is 5.00. The molecule has 0 saturated heterocycles. The molecule has 7 nitrogen and oxygen atoms in total. The average molecular weight is 453 g/mol. The maximum atomic E-state index is 12.7. The van der Waals surface area contributed by atoms with Gasteiger partial charge in [-0.05, 0) is 50.1 Å². The summed E-state index contributed by atoms with van der Waals surface area (Å²) in [5.41, 5.74) is 2.13. The molecule has 0 unspecified atom stereocenters. The van der Waals surface area contributed by atoms with Gasteiger partial charge in [0.15, 0.2) is 0 Å². The van der Waals surface area contributed by atoms with Crippen molar-refractivity contribution >= 4 is 46.6 Å². The minimum Gasteiger partial charge on any atom is -0.465 e. The Kier molecular flexibility index (Phi) is 8.00. The second-order valence-electron chi connectivity index (χ2n) is 7.04. The monoisotopic (exact) mass is 452 g/mol. The topological polar surface area (TPSA) is 84.9 Å². The number of benzene rings is 1. The van der Waals surface area contributed by atoms with Crippen molar-refractivity contribution in [2.45, 2.75) is 32.9 Å². The van der Waals surface area contributed by atoms with Gasteiger partial charge < -0.3 is 14.8 Å². The van der Waals surface area contributed by atoms with E-state index in [0.29, 0.717) is 27.7 Å². The Morgan fingerprint density at radius 2 is 1.63 bits per heavy atom. The number of esters is 2. The zero-order chi connectivity index (χ0) is 21.1. The molecular weight excluding hydrogens is 428 g/mol. The summed E-state index contributed by atoms with van der Waals surface area (Å²) in [6.07, 6.45) is 0.734. The van der Waals surface area contributed by atoms with E-state index in [4.69, 9.17) is 4.74 Å². The largest absolute Gasteiger partial charge is 0.465 e. The van der Waals surface area contributed by atoms with Crippen LogP contribution in [0.4, 0.5) is 5.00 Å². The first-order chi connectivity index (χ1) is 13.8. The summed E-state index contributed by atoms with van der Waals surface area (Å²) in [5, 5.41) is 3.34. The van der Waals surface area contributed by atoms with Crippen molar-refractivity contribution in [3.8, 4) is 0 Å². The molecule has 0 bridgehead atoms. The van der Waals surface area contributed by atoms with Gasteiger partial charge in [0, 0.05) is 29.6 Å². The maximum absolute atomic E-state index is 12.7. The van der Waals surface area contributed by atoms with E-state index in [1.807, 2.05) is 0 Å². The third-order valence-corrected chi connectivity index (χ3v) is 6.13. The molecule has 0 radical (unpaired) electrons. The van der Waals surface area contributed by atoms with E-state index in [-0.39, 0.29) is 18.3 Å². The number of thiophene rings is 1. The van der Waals surface area contributed by atoms with Crippen LogP contribution >= 0.6 is 23.7 Å². The smallest absolute Gasteiger partial charge is 0.341 e. The van der Waals surface area contributed by atoms with Gasteiger partial charge in [0.05, 0.1) is 25.3 Å². The van der Waals surface area contributed by atoms with Crippen molar-refractivity contribution in [2.24, 2.45) is 0 Å². The number of hydrogen-bond donors (Lipinski definition) is 1. The highest BCUT2D eigenvalue weighted by Crippen LogP contribution is 2.38. The van der Waals surface area contributed by atoms with Gasteiger partial charge in [-0.2, -0.15) is 0 Å². The molecule has 0 fully saturated rings. The highest BCUT2D eigenvalue weighted by molar-refractivity contribution is 7.17. The summed E-state index contributed by atoms with van der Waals surface area (Å²) < 4.78 is 9.63. The van der Waals surface area contributed by atoms with E-state index >= 15 is 0 Å². The van der Waals surface area contributed by atoms with Crippen LogP contribution in [0.25, 0.3) is 0 Å². The Bertz CT molecular complexity index is 940. The SMILES string of the molecule is COC(=O)c1ccc(C(=O)Nc2sc3c(c2C(=O)OC)CCN(C(C)C)C3)cc1.Cl. The van der Waals surface area contributed by atoms with Crippen molar-refractivity contribution in [1.82, 2.24) is 4.90 Å². The van der Waals surface area contributed by atoms with Gasteiger partial charge in [0.2, 0.25) is 0 Å². The third kappa shape index (κ3) is 4.83. The molecular formula is C21H25ClN2O5S. The normalized spacial score (nSPS) is 13.2. The zero-order valence-corrected chi connectivity index (χ0v) is 18.9. The molecule has 162 valence electrons. The standard InChI is InChI=1S/C21H24N2O5S.ClH/c1-12(2)23-10-9-15-16(11-23)29-19(17(15)21(26)28-4)22-18(24)13-5-7-14(8-6-13)20(25)27-3;/h5-8,12H,9-11H2,1-4H3,(H,22,24);1H. The summed E-state index contributed by atoms with van der Waals surface area (Å²) in [5.74, 6) is -1.27. The number of nitrogens with zero attached hydrogens (tertiary/aromatic N) is 1. The second kappa shape index (κ2) is 10.1. The van der Waals surface area contributed by atoms with Crippen LogP contribution in [-0.4, -0.2) is 49.6 Å². The first kappa shape index (κ1) is 23.9. The predicted octanol–water partition coefficient (Wildman–Crippen LogP) is 3.76. The highest BCUT2D eigenvalue weighted by atomic mass is 35.5. The molecule has 2 aromatic rings. The molecule has 0 aliphatic carbocycles. The van der Waals surface area contributed by atoms with E-state index in [0.717, 1.165) is 30.0 Å².